The van der Waals surface area contributed by atoms with Crippen LogP contribution in [0.15, 0.2) is 0 Å². The second-order valence-corrected chi connectivity index (χ2v) is 13.9. The predicted octanol–water partition coefficient (Wildman–Crippen LogP) is 10.4. The molecule has 37 heavy (non-hydrogen) atoms. The molecule has 2 bridgehead atoms. The molecule has 4 saturated carbocycles. The third-order valence-electron chi connectivity index (χ3n) is 11.7. The SMILES string of the molecule is [B][B]C1C2CCCCC3C(CCC)C([B])C3CCC(CCC)CCCCC(CCC)CCC1C2CCC. The lowest BCUT2D eigenvalue weighted by molar-refractivity contribution is 0.0329. The average molecular weight is 503 g/mol. The van der Waals surface area contributed by atoms with Crippen molar-refractivity contribution in [2.45, 2.75) is 168 Å². The van der Waals surface area contributed by atoms with E-state index in [1.165, 1.54) is 128 Å². The maximum Gasteiger partial charge on any atom is 0.0707 e. The molecule has 4 aliphatic rings. The van der Waals surface area contributed by atoms with Crippen molar-refractivity contribution in [1.82, 2.24) is 0 Å². The zero-order valence-electron chi connectivity index (χ0n) is 25.6. The van der Waals surface area contributed by atoms with Crippen LogP contribution in [0, 0.1) is 47.3 Å². The Morgan fingerprint density at radius 1 is 0.514 bits per heavy atom. The first-order chi connectivity index (χ1) is 18.1. The van der Waals surface area contributed by atoms with Gasteiger partial charge in [-0.2, -0.15) is 0 Å². The lowest BCUT2D eigenvalue weighted by Gasteiger charge is -2.54. The molecule has 0 saturated heterocycles. The fraction of sp³-hybridized carbons (Fsp3) is 1.00. The molecule has 0 aromatic heterocycles. The molecule has 4 rings (SSSR count). The van der Waals surface area contributed by atoms with E-state index < -0.39 is 0 Å². The Kier molecular flexibility index (Phi) is 14.7. The van der Waals surface area contributed by atoms with Gasteiger partial charge in [-0.25, -0.2) is 0 Å². The van der Waals surface area contributed by atoms with Crippen molar-refractivity contribution >= 4 is 22.8 Å². The summed E-state index contributed by atoms with van der Waals surface area (Å²) in [5.41, 5.74) is 0. The summed E-state index contributed by atoms with van der Waals surface area (Å²) >= 11 is 0. The Morgan fingerprint density at radius 2 is 0.973 bits per heavy atom. The number of rotatable bonds is 9. The van der Waals surface area contributed by atoms with E-state index in [0.717, 1.165) is 47.3 Å². The van der Waals surface area contributed by atoms with Crippen molar-refractivity contribution < 1.29 is 0 Å². The molecule has 207 valence electrons. The van der Waals surface area contributed by atoms with Gasteiger partial charge in [0, 0.05) is 7.74 Å². The number of hydrogen-bond donors (Lipinski definition) is 0. The molecule has 0 nitrogen and oxygen atoms in total. The molecule has 4 fully saturated rings. The Balaban J connectivity index is 1.68. The molecule has 0 heterocycles. The van der Waals surface area contributed by atoms with Gasteiger partial charge in [-0.3, -0.25) is 0 Å². The van der Waals surface area contributed by atoms with E-state index in [0.29, 0.717) is 11.6 Å². The molecule has 10 atom stereocenters. The van der Waals surface area contributed by atoms with E-state index in [1.807, 2.05) is 0 Å². The Morgan fingerprint density at radius 3 is 1.51 bits per heavy atom. The van der Waals surface area contributed by atoms with Gasteiger partial charge in [0.15, 0.2) is 0 Å². The zero-order chi connectivity index (χ0) is 26.6. The zero-order valence-corrected chi connectivity index (χ0v) is 25.6. The van der Waals surface area contributed by atoms with Gasteiger partial charge < -0.3 is 0 Å². The standard InChI is InChI=1S/C34H62B3/c1-5-13-25-17-9-10-18-26(14-6-2)22-24-32-27(15-7-3)31(34(32)37-36)20-12-11-19-28-29(16-8-4)33(35)30(28)23-21-25/h25-34H,5-24H2,1-4H3. The summed E-state index contributed by atoms with van der Waals surface area (Å²) in [5.74, 6) is 8.24. The van der Waals surface area contributed by atoms with Crippen molar-refractivity contribution in [3.8, 4) is 0 Å². The topological polar surface area (TPSA) is 0 Å². The van der Waals surface area contributed by atoms with Crippen molar-refractivity contribution in [3.05, 3.63) is 0 Å². The molecule has 0 N–H and O–H groups in total. The van der Waals surface area contributed by atoms with Crippen LogP contribution < -0.4 is 0 Å². The average Bonchev–Trinajstić information content (AvgIpc) is 2.89. The van der Waals surface area contributed by atoms with E-state index in [2.05, 4.69) is 34.9 Å². The Labute approximate surface area is 237 Å². The van der Waals surface area contributed by atoms with E-state index in [1.54, 1.807) is 0 Å². The molecule has 0 spiro atoms. The fourth-order valence-electron chi connectivity index (χ4n) is 9.72. The van der Waals surface area contributed by atoms with Crippen LogP contribution >= 0.6 is 0 Å². The largest absolute Gasteiger partial charge is 0.0721 e. The van der Waals surface area contributed by atoms with Crippen LogP contribution in [0.3, 0.4) is 0 Å². The van der Waals surface area contributed by atoms with E-state index in [9.17, 15) is 0 Å². The van der Waals surface area contributed by atoms with E-state index >= 15 is 0 Å². The maximum atomic E-state index is 6.86. The van der Waals surface area contributed by atoms with Gasteiger partial charge >= 0.3 is 0 Å². The van der Waals surface area contributed by atoms with Crippen molar-refractivity contribution in [2.75, 3.05) is 0 Å². The highest BCUT2D eigenvalue weighted by Gasteiger charge is 2.47. The van der Waals surface area contributed by atoms with Gasteiger partial charge in [0.1, 0.15) is 0 Å². The van der Waals surface area contributed by atoms with Gasteiger partial charge in [0.25, 0.3) is 0 Å². The lowest BCUT2D eigenvalue weighted by Crippen LogP contribution is -2.46. The lowest BCUT2D eigenvalue weighted by atomic mass is 9.32. The molecular formula is C34H62B3. The van der Waals surface area contributed by atoms with Gasteiger partial charge in [-0.15, -0.1) is 0 Å². The van der Waals surface area contributed by atoms with Gasteiger partial charge in [0.2, 0.25) is 0 Å². The summed E-state index contributed by atoms with van der Waals surface area (Å²) < 4.78 is 0. The molecule has 0 aromatic rings. The summed E-state index contributed by atoms with van der Waals surface area (Å²) in [7, 11) is 15.3. The molecule has 0 aliphatic heterocycles. The maximum absolute atomic E-state index is 6.86. The Hall–Kier alpha value is 0.195. The van der Waals surface area contributed by atoms with Crippen LogP contribution in [0.2, 0.25) is 11.6 Å². The van der Waals surface area contributed by atoms with Gasteiger partial charge in [-0.05, 0) is 53.8 Å². The third-order valence-corrected chi connectivity index (χ3v) is 11.7. The molecule has 0 amide bonds. The van der Waals surface area contributed by atoms with Crippen LogP contribution in [-0.2, 0) is 0 Å². The molecular weight excluding hydrogens is 441 g/mol. The van der Waals surface area contributed by atoms with Gasteiger partial charge in [0.05, 0.1) is 15.0 Å². The van der Waals surface area contributed by atoms with Crippen LogP contribution in [-0.4, -0.2) is 22.8 Å². The van der Waals surface area contributed by atoms with Crippen molar-refractivity contribution in [3.63, 3.8) is 0 Å². The number of hydrogen-bond acceptors (Lipinski definition) is 0. The monoisotopic (exact) mass is 504 g/mol. The van der Waals surface area contributed by atoms with Crippen LogP contribution in [0.1, 0.15) is 156 Å². The number of fused-ring (bicyclic) bond motifs is 12. The minimum Gasteiger partial charge on any atom is -0.0721 e. The van der Waals surface area contributed by atoms with Gasteiger partial charge in [-0.1, -0.05) is 161 Å². The fourth-order valence-corrected chi connectivity index (χ4v) is 9.72. The molecule has 3 heteroatoms. The molecule has 5 radical (unpaired) electrons. The molecule has 4 aliphatic carbocycles. The second-order valence-electron chi connectivity index (χ2n) is 13.9. The summed E-state index contributed by atoms with van der Waals surface area (Å²) in [5, 5.41) is 0. The first-order valence-electron chi connectivity index (χ1n) is 17.4. The third kappa shape index (κ3) is 8.59. The first-order valence-corrected chi connectivity index (χ1v) is 17.4. The highest BCUT2D eigenvalue weighted by molar-refractivity contribution is 6.90. The second kappa shape index (κ2) is 17.1. The quantitative estimate of drug-likeness (QED) is 0.275. The van der Waals surface area contributed by atoms with Crippen molar-refractivity contribution in [2.24, 2.45) is 47.3 Å². The van der Waals surface area contributed by atoms with Crippen LogP contribution in [0.5, 0.6) is 0 Å². The summed E-state index contributed by atoms with van der Waals surface area (Å²) in [4.78, 5) is 0. The predicted molar refractivity (Wildman–Crippen MR) is 168 cm³/mol. The first kappa shape index (κ1) is 31.7. The normalized spacial score (nSPS) is 40.2. The summed E-state index contributed by atoms with van der Waals surface area (Å²) in [6, 6.07) is 0. The molecule has 10 unspecified atom stereocenters. The smallest absolute Gasteiger partial charge is 0.0707 e. The van der Waals surface area contributed by atoms with E-state index in [-0.39, 0.29) is 0 Å². The minimum atomic E-state index is 0.480. The minimum absolute atomic E-state index is 0.480. The van der Waals surface area contributed by atoms with Crippen LogP contribution in [0.4, 0.5) is 0 Å². The van der Waals surface area contributed by atoms with Crippen molar-refractivity contribution in [1.29, 1.82) is 0 Å². The highest BCUT2D eigenvalue weighted by atomic mass is 14.5. The summed E-state index contributed by atoms with van der Waals surface area (Å²) in [6.07, 6.45) is 28.2. The highest BCUT2D eigenvalue weighted by Crippen LogP contribution is 2.58. The van der Waals surface area contributed by atoms with E-state index in [4.69, 9.17) is 15.6 Å². The molecule has 0 aromatic carbocycles. The Bertz CT molecular complexity index is 594. The summed E-state index contributed by atoms with van der Waals surface area (Å²) in [6.45, 7) is 9.54. The van der Waals surface area contributed by atoms with Crippen LogP contribution in [0.25, 0.3) is 0 Å².